The summed E-state index contributed by atoms with van der Waals surface area (Å²) in [6.45, 7) is 0. The normalized spacial score (nSPS) is 17.9. The molecule has 2 aliphatic rings. The Balaban J connectivity index is 1.57. The van der Waals surface area contributed by atoms with Gasteiger partial charge in [0.2, 0.25) is 0 Å². The lowest BCUT2D eigenvalue weighted by Gasteiger charge is -2.34. The number of anilines is 1. The van der Waals surface area contributed by atoms with Crippen molar-refractivity contribution in [3.05, 3.63) is 135 Å². The number of hydrogen-bond acceptors (Lipinski definition) is 5. The summed E-state index contributed by atoms with van der Waals surface area (Å²) >= 11 is 6.17. The summed E-state index contributed by atoms with van der Waals surface area (Å²) < 4.78 is 1.65. The van der Waals surface area contributed by atoms with Gasteiger partial charge in [0, 0.05) is 16.3 Å². The molecule has 1 spiro atoms. The minimum atomic E-state index is -1.27. The first-order valence-electron chi connectivity index (χ1n) is 11.2. The highest BCUT2D eigenvalue weighted by atomic mass is 35.5. The molecule has 0 amide bonds. The maximum Gasteiger partial charge on any atom is 0.302 e. The van der Waals surface area contributed by atoms with E-state index in [1.54, 1.807) is 10.6 Å². The number of rotatable bonds is 2. The van der Waals surface area contributed by atoms with Crippen LogP contribution in [0.15, 0.2) is 113 Å². The third kappa shape index (κ3) is 2.68. The number of oxime groups is 1. The van der Waals surface area contributed by atoms with Crippen LogP contribution < -0.4 is 10.5 Å². The molecule has 35 heavy (non-hydrogen) atoms. The highest BCUT2D eigenvalue weighted by Crippen LogP contribution is 2.50. The molecule has 6 nitrogen and oxygen atoms in total. The molecule has 0 saturated heterocycles. The quantitative estimate of drug-likeness (QED) is 0.340. The van der Waals surface area contributed by atoms with Crippen LogP contribution in [0.25, 0.3) is 16.6 Å². The number of amidine groups is 1. The van der Waals surface area contributed by atoms with E-state index in [9.17, 15) is 4.79 Å². The Kier molecular flexibility index (Phi) is 4.16. The van der Waals surface area contributed by atoms with Crippen LogP contribution >= 0.6 is 11.6 Å². The average Bonchev–Trinajstić information content (AvgIpc) is 3.43. The van der Waals surface area contributed by atoms with Gasteiger partial charge < -0.3 is 4.84 Å². The van der Waals surface area contributed by atoms with E-state index in [0.717, 1.165) is 22.5 Å². The SMILES string of the molecule is O=c1c2ccccc2nc2n1-c1ccccc1C21ON=C(c2ccc(Cl)cc2)N1c1ccccc1. The number of hydrogen-bond donors (Lipinski definition) is 0. The first kappa shape index (κ1) is 20.0. The highest BCUT2D eigenvalue weighted by Gasteiger charge is 2.58. The molecule has 7 rings (SSSR count). The van der Waals surface area contributed by atoms with Crippen LogP contribution in [0.4, 0.5) is 5.69 Å². The van der Waals surface area contributed by atoms with Gasteiger partial charge in [0.15, 0.2) is 11.7 Å². The highest BCUT2D eigenvalue weighted by molar-refractivity contribution is 6.30. The van der Waals surface area contributed by atoms with Crippen molar-refractivity contribution in [3.8, 4) is 5.69 Å². The van der Waals surface area contributed by atoms with Crippen molar-refractivity contribution >= 4 is 34.0 Å². The Hall–Kier alpha value is -4.42. The molecule has 0 fully saturated rings. The van der Waals surface area contributed by atoms with Gasteiger partial charge in [0.25, 0.3) is 5.56 Å². The van der Waals surface area contributed by atoms with Crippen LogP contribution in [0.3, 0.4) is 0 Å². The summed E-state index contributed by atoms with van der Waals surface area (Å²) in [5, 5.41) is 5.76. The number of halogens is 1. The average molecular weight is 477 g/mol. The molecule has 2 aliphatic heterocycles. The third-order valence-corrected chi connectivity index (χ3v) is 6.75. The minimum absolute atomic E-state index is 0.147. The van der Waals surface area contributed by atoms with Crippen molar-refractivity contribution < 1.29 is 4.84 Å². The van der Waals surface area contributed by atoms with Crippen molar-refractivity contribution in [2.75, 3.05) is 4.90 Å². The topological polar surface area (TPSA) is 59.7 Å². The zero-order valence-electron chi connectivity index (χ0n) is 18.3. The van der Waals surface area contributed by atoms with Crippen molar-refractivity contribution in [2.24, 2.45) is 5.16 Å². The van der Waals surface area contributed by atoms with E-state index in [0.29, 0.717) is 27.6 Å². The molecule has 0 bridgehead atoms. The molecule has 1 aromatic heterocycles. The van der Waals surface area contributed by atoms with E-state index in [2.05, 4.69) is 5.16 Å². The molecule has 4 aromatic carbocycles. The first-order chi connectivity index (χ1) is 17.2. The number of nitrogens with zero attached hydrogens (tertiary/aromatic N) is 4. The molecule has 7 heteroatoms. The number of para-hydroxylation sites is 3. The van der Waals surface area contributed by atoms with Crippen LogP contribution in [-0.2, 0) is 10.6 Å². The van der Waals surface area contributed by atoms with Gasteiger partial charge in [-0.2, -0.15) is 0 Å². The van der Waals surface area contributed by atoms with E-state index in [1.807, 2.05) is 102 Å². The molecule has 0 aliphatic carbocycles. The maximum absolute atomic E-state index is 13.8. The largest absolute Gasteiger partial charge is 0.351 e. The van der Waals surface area contributed by atoms with Crippen molar-refractivity contribution in [1.29, 1.82) is 0 Å². The van der Waals surface area contributed by atoms with E-state index in [4.69, 9.17) is 21.4 Å². The first-order valence-corrected chi connectivity index (χ1v) is 11.6. The van der Waals surface area contributed by atoms with Crippen LogP contribution in [-0.4, -0.2) is 15.4 Å². The van der Waals surface area contributed by atoms with Crippen LogP contribution in [0.2, 0.25) is 5.02 Å². The second-order valence-electron chi connectivity index (χ2n) is 8.44. The summed E-state index contributed by atoms with van der Waals surface area (Å²) in [4.78, 5) is 27.1. The predicted molar refractivity (Wildman–Crippen MR) is 136 cm³/mol. The zero-order valence-corrected chi connectivity index (χ0v) is 19.1. The van der Waals surface area contributed by atoms with Crippen LogP contribution in [0.5, 0.6) is 0 Å². The zero-order chi connectivity index (χ0) is 23.6. The smallest absolute Gasteiger partial charge is 0.302 e. The molecule has 5 aromatic rings. The fourth-order valence-corrected chi connectivity index (χ4v) is 5.10. The lowest BCUT2D eigenvalue weighted by atomic mass is 9.99. The second-order valence-corrected chi connectivity index (χ2v) is 8.87. The van der Waals surface area contributed by atoms with Gasteiger partial charge >= 0.3 is 5.72 Å². The van der Waals surface area contributed by atoms with Gasteiger partial charge in [-0.25, -0.2) is 4.98 Å². The van der Waals surface area contributed by atoms with E-state index >= 15 is 0 Å². The van der Waals surface area contributed by atoms with Crippen LogP contribution in [0, 0.1) is 0 Å². The number of aromatic nitrogens is 2. The number of benzene rings is 4. The minimum Gasteiger partial charge on any atom is -0.351 e. The molecule has 0 radical (unpaired) electrons. The van der Waals surface area contributed by atoms with Gasteiger partial charge in [-0.05, 0) is 54.6 Å². The second kappa shape index (κ2) is 7.29. The monoisotopic (exact) mass is 476 g/mol. The maximum atomic E-state index is 13.8. The summed E-state index contributed by atoms with van der Waals surface area (Å²) in [5.74, 6) is 1.05. The van der Waals surface area contributed by atoms with Gasteiger partial charge in [-0.3, -0.25) is 14.3 Å². The Morgan fingerprint density at radius 2 is 1.51 bits per heavy atom. The molecule has 168 valence electrons. The molecule has 0 N–H and O–H groups in total. The van der Waals surface area contributed by atoms with Crippen molar-refractivity contribution in [2.45, 2.75) is 5.72 Å². The van der Waals surface area contributed by atoms with Gasteiger partial charge in [0.1, 0.15) is 0 Å². The lowest BCUT2D eigenvalue weighted by Crippen LogP contribution is -2.48. The van der Waals surface area contributed by atoms with Crippen molar-refractivity contribution in [3.63, 3.8) is 0 Å². The molecule has 3 heterocycles. The lowest BCUT2D eigenvalue weighted by molar-refractivity contribution is 0.0102. The fraction of sp³-hybridized carbons (Fsp3) is 0.0357. The fourth-order valence-electron chi connectivity index (χ4n) is 4.97. The standard InChI is InChI=1S/C28H17ClN4O2/c29-19-16-14-18(15-17-19)25-31-35-28(33(25)20-8-2-1-3-9-20)22-11-5-7-13-24(22)32-26(34)21-10-4-6-12-23(21)30-27(28)32/h1-17H. The summed E-state index contributed by atoms with van der Waals surface area (Å²) in [7, 11) is 0. The summed E-state index contributed by atoms with van der Waals surface area (Å²) in [6, 6.07) is 32.4. The van der Waals surface area contributed by atoms with Gasteiger partial charge in [-0.1, -0.05) is 65.3 Å². The Labute approximate surface area is 205 Å². The Morgan fingerprint density at radius 1 is 0.800 bits per heavy atom. The van der Waals surface area contributed by atoms with Crippen molar-refractivity contribution in [1.82, 2.24) is 9.55 Å². The van der Waals surface area contributed by atoms with Crippen LogP contribution in [0.1, 0.15) is 17.0 Å². The van der Waals surface area contributed by atoms with E-state index in [-0.39, 0.29) is 5.56 Å². The molecular formula is C28H17ClN4O2. The predicted octanol–water partition coefficient (Wildman–Crippen LogP) is 5.45. The Morgan fingerprint density at radius 3 is 2.34 bits per heavy atom. The van der Waals surface area contributed by atoms with Gasteiger partial charge in [0.05, 0.1) is 22.2 Å². The molecule has 1 unspecified atom stereocenters. The van der Waals surface area contributed by atoms with Gasteiger partial charge in [-0.15, -0.1) is 0 Å². The number of fused-ring (bicyclic) bond motifs is 6. The Bertz CT molecular complexity index is 1710. The molecule has 1 atom stereocenters. The third-order valence-electron chi connectivity index (χ3n) is 6.50. The summed E-state index contributed by atoms with van der Waals surface area (Å²) in [6.07, 6.45) is 0. The van der Waals surface area contributed by atoms with E-state index in [1.165, 1.54) is 0 Å². The summed E-state index contributed by atoms with van der Waals surface area (Å²) in [5.41, 5.74) is 2.38. The molecular weight excluding hydrogens is 460 g/mol. The molecule has 0 saturated carbocycles. The van der Waals surface area contributed by atoms with E-state index < -0.39 is 5.72 Å².